The van der Waals surface area contributed by atoms with Gasteiger partial charge in [0.15, 0.2) is 5.96 Å². The van der Waals surface area contributed by atoms with Gasteiger partial charge in [-0.25, -0.2) is 4.39 Å². The average molecular weight is 278 g/mol. The van der Waals surface area contributed by atoms with Crippen LogP contribution in [0.3, 0.4) is 0 Å². The lowest BCUT2D eigenvalue weighted by molar-refractivity contribution is -0.0668. The number of rotatable bonds is 2. The van der Waals surface area contributed by atoms with Gasteiger partial charge in [0, 0.05) is 30.7 Å². The molecule has 0 aliphatic carbocycles. The number of aliphatic imine (C=N–C) groups is 1. The maximum atomic E-state index is 13.6. The molecule has 0 aromatic carbocycles. The minimum absolute atomic E-state index is 0.0253. The van der Waals surface area contributed by atoms with Gasteiger partial charge in [-0.15, -0.1) is 0 Å². The molecule has 1 fully saturated rings. The van der Waals surface area contributed by atoms with Crippen molar-refractivity contribution in [3.8, 4) is 0 Å². The Hall–Kier alpha value is -1.65. The molecule has 0 spiro atoms. The molecule has 4 nitrogen and oxygen atoms in total. The molecular weight excluding hydrogens is 255 g/mol. The average Bonchev–Trinajstić information content (AvgIpc) is 2.40. The normalized spacial score (nSPS) is 20.5. The predicted molar refractivity (Wildman–Crippen MR) is 79.0 cm³/mol. The molecule has 1 N–H and O–H groups in total. The first-order valence-electron chi connectivity index (χ1n) is 6.87. The highest BCUT2D eigenvalue weighted by atomic mass is 19.1. The molecule has 110 valence electrons. The number of halogens is 1. The predicted octanol–water partition coefficient (Wildman–Crippen LogP) is 2.42. The van der Waals surface area contributed by atoms with Crippen molar-refractivity contribution in [3.63, 3.8) is 0 Å². The fourth-order valence-electron chi connectivity index (χ4n) is 2.41. The van der Waals surface area contributed by atoms with E-state index in [-0.39, 0.29) is 16.8 Å². The van der Waals surface area contributed by atoms with Crippen molar-refractivity contribution in [2.24, 2.45) is 10.4 Å². The second-order valence-electron chi connectivity index (χ2n) is 6.36. The Morgan fingerprint density at radius 3 is 2.65 bits per heavy atom. The lowest BCUT2D eigenvalue weighted by Gasteiger charge is -2.62. The van der Waals surface area contributed by atoms with Gasteiger partial charge in [0.05, 0.1) is 12.2 Å². The van der Waals surface area contributed by atoms with E-state index in [1.54, 1.807) is 19.3 Å². The van der Waals surface area contributed by atoms with Crippen LogP contribution in [0, 0.1) is 11.2 Å². The molecule has 0 atom stereocenters. The summed E-state index contributed by atoms with van der Waals surface area (Å²) in [5.41, 5.74) is 0.671. The number of guanidine groups is 1. The van der Waals surface area contributed by atoms with Gasteiger partial charge in [0.25, 0.3) is 0 Å². The largest absolute Gasteiger partial charge is 0.350 e. The van der Waals surface area contributed by atoms with E-state index in [4.69, 9.17) is 0 Å². The smallest absolute Gasteiger partial charge is 0.194 e. The van der Waals surface area contributed by atoms with Crippen LogP contribution in [-0.4, -0.2) is 35.0 Å². The number of pyridine rings is 1. The molecule has 0 radical (unpaired) electrons. The van der Waals surface area contributed by atoms with Crippen LogP contribution in [0.1, 0.15) is 33.4 Å². The summed E-state index contributed by atoms with van der Waals surface area (Å²) in [5, 5.41) is 3.20. The maximum absolute atomic E-state index is 13.6. The summed E-state index contributed by atoms with van der Waals surface area (Å²) >= 11 is 0. The SMILES string of the molecule is CN=C(NCc1ncccc1F)N1CC(C)(C)C1(C)C. The zero-order valence-electron chi connectivity index (χ0n) is 12.9. The van der Waals surface area contributed by atoms with Crippen LogP contribution >= 0.6 is 0 Å². The third kappa shape index (κ3) is 2.37. The van der Waals surface area contributed by atoms with E-state index in [9.17, 15) is 4.39 Å². The summed E-state index contributed by atoms with van der Waals surface area (Å²) in [5.74, 6) is 0.498. The van der Waals surface area contributed by atoms with E-state index < -0.39 is 0 Å². The van der Waals surface area contributed by atoms with Crippen molar-refractivity contribution >= 4 is 5.96 Å². The van der Waals surface area contributed by atoms with E-state index in [1.165, 1.54) is 6.07 Å². The number of hydrogen-bond acceptors (Lipinski definition) is 2. The van der Waals surface area contributed by atoms with Crippen molar-refractivity contribution < 1.29 is 4.39 Å². The minimum Gasteiger partial charge on any atom is -0.350 e. The van der Waals surface area contributed by atoms with Crippen molar-refractivity contribution in [3.05, 3.63) is 29.8 Å². The number of nitrogens with zero attached hydrogens (tertiary/aromatic N) is 3. The molecule has 1 aliphatic rings. The van der Waals surface area contributed by atoms with E-state index in [1.807, 2.05) is 0 Å². The van der Waals surface area contributed by atoms with Crippen LogP contribution in [-0.2, 0) is 6.54 Å². The zero-order valence-corrected chi connectivity index (χ0v) is 12.9. The number of nitrogens with one attached hydrogen (secondary N) is 1. The van der Waals surface area contributed by atoms with Gasteiger partial charge in [0.1, 0.15) is 5.82 Å². The third-order valence-corrected chi connectivity index (χ3v) is 4.60. The van der Waals surface area contributed by atoms with Gasteiger partial charge >= 0.3 is 0 Å². The topological polar surface area (TPSA) is 40.5 Å². The fourth-order valence-corrected chi connectivity index (χ4v) is 2.41. The molecule has 2 rings (SSSR count). The molecule has 0 bridgehead atoms. The monoisotopic (exact) mass is 278 g/mol. The fraction of sp³-hybridized carbons (Fsp3) is 0.600. The summed E-state index contributed by atoms with van der Waals surface area (Å²) in [6, 6.07) is 3.01. The van der Waals surface area contributed by atoms with Crippen LogP contribution in [0.2, 0.25) is 0 Å². The van der Waals surface area contributed by atoms with Gasteiger partial charge < -0.3 is 10.2 Å². The van der Waals surface area contributed by atoms with Gasteiger partial charge in [-0.1, -0.05) is 13.8 Å². The maximum Gasteiger partial charge on any atom is 0.194 e. The first-order valence-corrected chi connectivity index (χ1v) is 6.87. The van der Waals surface area contributed by atoms with Crippen molar-refractivity contribution in [2.45, 2.75) is 39.8 Å². The molecule has 0 unspecified atom stereocenters. The van der Waals surface area contributed by atoms with Crippen LogP contribution in [0.25, 0.3) is 0 Å². The first-order chi connectivity index (χ1) is 9.29. The summed E-state index contributed by atoms with van der Waals surface area (Å²) < 4.78 is 13.6. The molecule has 1 aromatic heterocycles. The molecule has 1 saturated heterocycles. The van der Waals surface area contributed by atoms with Crippen LogP contribution in [0.5, 0.6) is 0 Å². The third-order valence-electron chi connectivity index (χ3n) is 4.60. The van der Waals surface area contributed by atoms with E-state index in [0.717, 1.165) is 12.5 Å². The molecule has 1 aromatic rings. The molecule has 1 aliphatic heterocycles. The van der Waals surface area contributed by atoms with Gasteiger partial charge in [0.2, 0.25) is 0 Å². The highest BCUT2D eigenvalue weighted by molar-refractivity contribution is 5.81. The number of hydrogen-bond donors (Lipinski definition) is 1. The van der Waals surface area contributed by atoms with Gasteiger partial charge in [-0.3, -0.25) is 9.98 Å². The summed E-state index contributed by atoms with van der Waals surface area (Å²) in [6.07, 6.45) is 1.60. The lowest BCUT2D eigenvalue weighted by Crippen LogP contribution is -2.72. The molecule has 5 heteroatoms. The van der Waals surface area contributed by atoms with Crippen LogP contribution in [0.15, 0.2) is 23.3 Å². The summed E-state index contributed by atoms with van der Waals surface area (Å²) in [4.78, 5) is 10.6. The van der Waals surface area contributed by atoms with Gasteiger partial charge in [-0.2, -0.15) is 0 Å². The standard InChI is InChI=1S/C15H23FN4/c1-14(2)10-20(15(14,3)4)13(17-5)19-9-12-11(16)7-6-8-18-12/h6-8H,9-10H2,1-5H3,(H,17,19). The Morgan fingerprint density at radius 2 is 2.15 bits per heavy atom. The molecule has 2 heterocycles. The van der Waals surface area contributed by atoms with Gasteiger partial charge in [-0.05, 0) is 26.0 Å². The van der Waals surface area contributed by atoms with Crippen LogP contribution < -0.4 is 5.32 Å². The summed E-state index contributed by atoms with van der Waals surface area (Å²) in [7, 11) is 1.75. The zero-order chi connectivity index (χ0) is 15.0. The molecule has 0 saturated carbocycles. The minimum atomic E-state index is -0.293. The number of aromatic nitrogens is 1. The van der Waals surface area contributed by atoms with Crippen LogP contribution in [0.4, 0.5) is 4.39 Å². The summed E-state index contributed by atoms with van der Waals surface area (Å²) in [6.45, 7) is 10.2. The lowest BCUT2D eigenvalue weighted by atomic mass is 9.65. The Morgan fingerprint density at radius 1 is 1.45 bits per heavy atom. The van der Waals surface area contributed by atoms with Crippen molar-refractivity contribution in [1.29, 1.82) is 0 Å². The molecule has 0 amide bonds. The Labute approximate surface area is 120 Å². The highest BCUT2D eigenvalue weighted by Crippen LogP contribution is 2.46. The van der Waals surface area contributed by atoms with E-state index in [2.05, 4.69) is 47.9 Å². The van der Waals surface area contributed by atoms with E-state index in [0.29, 0.717) is 12.2 Å². The second-order valence-corrected chi connectivity index (χ2v) is 6.36. The van der Waals surface area contributed by atoms with Crippen molar-refractivity contribution in [1.82, 2.24) is 15.2 Å². The quantitative estimate of drug-likeness (QED) is 0.667. The Bertz CT molecular complexity index is 522. The first kappa shape index (κ1) is 14.8. The highest BCUT2D eigenvalue weighted by Gasteiger charge is 2.53. The second kappa shape index (κ2) is 5.04. The van der Waals surface area contributed by atoms with E-state index >= 15 is 0 Å². The Kier molecular flexibility index (Phi) is 3.71. The Balaban J connectivity index is 2.04. The number of likely N-dealkylation sites (tertiary alicyclic amines) is 1. The van der Waals surface area contributed by atoms with Crippen molar-refractivity contribution in [2.75, 3.05) is 13.6 Å². The molecule has 20 heavy (non-hydrogen) atoms. The molecular formula is C15H23FN4.